The molecule has 8 nitrogen and oxygen atoms in total. The number of aromatic amines is 1. The van der Waals surface area contributed by atoms with Gasteiger partial charge < -0.3 is 24.7 Å². The largest absolute Gasteiger partial charge is 0.496 e. The number of hydrogen-bond donors (Lipinski definition) is 2. The van der Waals surface area contributed by atoms with Gasteiger partial charge in [-0.25, -0.2) is 14.6 Å². The average Bonchev–Trinajstić information content (AvgIpc) is 3.32. The summed E-state index contributed by atoms with van der Waals surface area (Å²) in [5, 5.41) is 2.88. The van der Waals surface area contributed by atoms with Crippen LogP contribution >= 0.6 is 0 Å². The van der Waals surface area contributed by atoms with Gasteiger partial charge in [0.2, 0.25) is 0 Å². The van der Waals surface area contributed by atoms with Gasteiger partial charge in [0, 0.05) is 30.6 Å². The smallest absolute Gasteiger partial charge is 0.328 e. The first-order chi connectivity index (χ1) is 15.6. The minimum absolute atomic E-state index is 0.333. The topological polar surface area (TPSA) is 96.6 Å². The van der Waals surface area contributed by atoms with Crippen molar-refractivity contribution in [1.82, 2.24) is 20.2 Å². The second kappa shape index (κ2) is 9.55. The zero-order valence-electron chi connectivity index (χ0n) is 18.1. The zero-order chi connectivity index (χ0) is 22.5. The first kappa shape index (κ1) is 21.4. The van der Waals surface area contributed by atoms with Gasteiger partial charge in [-0.2, -0.15) is 0 Å². The Hall–Kier alpha value is -3.81. The van der Waals surface area contributed by atoms with Gasteiger partial charge in [0.1, 0.15) is 17.8 Å². The highest BCUT2D eigenvalue weighted by Crippen LogP contribution is 2.37. The molecule has 4 rings (SSSR count). The number of nitrogens with one attached hydrogen (secondary N) is 2. The van der Waals surface area contributed by atoms with Crippen molar-refractivity contribution in [2.75, 3.05) is 20.8 Å². The number of esters is 1. The molecular formula is C24H26N4O4. The molecular weight excluding hydrogens is 408 g/mol. The Morgan fingerprint density at radius 1 is 1.16 bits per heavy atom. The minimum Gasteiger partial charge on any atom is -0.496 e. The van der Waals surface area contributed by atoms with E-state index in [2.05, 4.69) is 15.3 Å². The van der Waals surface area contributed by atoms with Crippen molar-refractivity contribution in [3.8, 4) is 5.75 Å². The monoisotopic (exact) mass is 434 g/mol. The van der Waals surface area contributed by atoms with E-state index in [0.29, 0.717) is 25.1 Å². The fourth-order valence-electron chi connectivity index (χ4n) is 4.12. The summed E-state index contributed by atoms with van der Waals surface area (Å²) in [6.07, 6.45) is 2.61. The fraction of sp³-hybridized carbons (Fsp3) is 0.292. The fourth-order valence-corrected chi connectivity index (χ4v) is 4.12. The molecule has 32 heavy (non-hydrogen) atoms. The van der Waals surface area contributed by atoms with Crippen molar-refractivity contribution in [2.45, 2.75) is 24.9 Å². The number of methoxy groups -OCH3 is 2. The molecule has 8 heteroatoms. The summed E-state index contributed by atoms with van der Waals surface area (Å²) in [6, 6.07) is 15.5. The molecule has 0 saturated heterocycles. The molecule has 1 aromatic heterocycles. The number of amides is 2. The van der Waals surface area contributed by atoms with Crippen molar-refractivity contribution < 1.29 is 19.1 Å². The number of urea groups is 1. The van der Waals surface area contributed by atoms with Crippen molar-refractivity contribution in [1.29, 1.82) is 0 Å². The molecule has 0 unspecified atom stereocenters. The summed E-state index contributed by atoms with van der Waals surface area (Å²) in [6.45, 7) is 0.461. The third kappa shape index (κ3) is 4.30. The number of aromatic nitrogens is 2. The molecule has 1 aliphatic rings. The van der Waals surface area contributed by atoms with E-state index in [9.17, 15) is 9.59 Å². The van der Waals surface area contributed by atoms with Crippen LogP contribution in [0.2, 0.25) is 0 Å². The summed E-state index contributed by atoms with van der Waals surface area (Å²) in [7, 11) is 2.92. The third-order valence-electron chi connectivity index (χ3n) is 5.69. The standard InChI is InChI=1S/C24H26N4O4/c1-31-20-11-7-6-10-17(20)22-21-18(25-15-26-21)12-13-28(22)24(30)27-19(23(29)32-2)14-16-8-4-3-5-9-16/h3-11,15,19,22H,12-14H2,1-2H3,(H,25,26)(H,27,30)/t19-,22-/m1/s1. The van der Waals surface area contributed by atoms with Gasteiger partial charge in [-0.05, 0) is 11.6 Å². The minimum atomic E-state index is -0.811. The van der Waals surface area contributed by atoms with Gasteiger partial charge in [-0.1, -0.05) is 48.5 Å². The van der Waals surface area contributed by atoms with Crippen LogP contribution in [0.3, 0.4) is 0 Å². The SMILES string of the molecule is COC(=O)[C@@H](Cc1ccccc1)NC(=O)N1CCc2[nH]cnc2[C@H]1c1ccccc1OC. The first-order valence-electron chi connectivity index (χ1n) is 10.5. The maximum absolute atomic E-state index is 13.5. The Morgan fingerprint density at radius 2 is 1.91 bits per heavy atom. The highest BCUT2D eigenvalue weighted by Gasteiger charge is 2.37. The average molecular weight is 434 g/mol. The molecule has 0 fully saturated rings. The predicted molar refractivity (Wildman–Crippen MR) is 118 cm³/mol. The van der Waals surface area contributed by atoms with Crippen molar-refractivity contribution >= 4 is 12.0 Å². The summed E-state index contributed by atoms with van der Waals surface area (Å²) in [5.41, 5.74) is 3.51. The Balaban J connectivity index is 1.64. The number of carbonyl (C=O) groups is 2. The Kier molecular flexibility index (Phi) is 6.39. The third-order valence-corrected chi connectivity index (χ3v) is 5.69. The van der Waals surface area contributed by atoms with Gasteiger partial charge in [0.25, 0.3) is 0 Å². The zero-order valence-corrected chi connectivity index (χ0v) is 18.1. The van der Waals surface area contributed by atoms with Gasteiger partial charge in [-0.3, -0.25) is 0 Å². The highest BCUT2D eigenvalue weighted by atomic mass is 16.5. The molecule has 0 aliphatic carbocycles. The number of fused-ring (bicyclic) bond motifs is 1. The van der Waals surface area contributed by atoms with Crippen molar-refractivity contribution in [3.63, 3.8) is 0 Å². The summed E-state index contributed by atoms with van der Waals surface area (Å²) in [5.74, 6) is 0.175. The van der Waals surface area contributed by atoms with Crippen LogP contribution in [0.5, 0.6) is 5.75 Å². The van der Waals surface area contributed by atoms with Gasteiger partial charge in [0.05, 0.1) is 26.2 Å². The molecule has 166 valence electrons. The van der Waals surface area contributed by atoms with Crippen LogP contribution in [-0.4, -0.2) is 53.7 Å². The molecule has 2 amide bonds. The van der Waals surface area contributed by atoms with Crippen molar-refractivity contribution in [3.05, 3.63) is 83.4 Å². The summed E-state index contributed by atoms with van der Waals surface area (Å²) >= 11 is 0. The molecule has 2 heterocycles. The van der Waals surface area contributed by atoms with E-state index < -0.39 is 18.1 Å². The van der Waals surface area contributed by atoms with Crippen LogP contribution in [0.1, 0.15) is 28.6 Å². The van der Waals surface area contributed by atoms with E-state index in [-0.39, 0.29) is 6.03 Å². The molecule has 0 radical (unpaired) electrons. The van der Waals surface area contributed by atoms with Crippen LogP contribution < -0.4 is 10.1 Å². The number of nitrogens with zero attached hydrogens (tertiary/aromatic N) is 2. The lowest BCUT2D eigenvalue weighted by atomic mass is 9.95. The molecule has 2 aromatic carbocycles. The Labute approximate surface area is 186 Å². The number of imidazole rings is 1. The highest BCUT2D eigenvalue weighted by molar-refractivity contribution is 5.84. The first-order valence-corrected chi connectivity index (χ1v) is 10.5. The molecule has 1 aliphatic heterocycles. The van der Waals surface area contributed by atoms with Gasteiger partial charge in [0.15, 0.2) is 0 Å². The van der Waals surface area contributed by atoms with Gasteiger partial charge in [-0.15, -0.1) is 0 Å². The second-order valence-corrected chi connectivity index (χ2v) is 7.57. The van der Waals surface area contributed by atoms with Crippen LogP contribution in [-0.2, 0) is 22.4 Å². The maximum atomic E-state index is 13.5. The van der Waals surface area contributed by atoms with E-state index in [4.69, 9.17) is 9.47 Å². The lowest BCUT2D eigenvalue weighted by molar-refractivity contribution is -0.142. The quantitative estimate of drug-likeness (QED) is 0.582. The number of para-hydroxylation sites is 1. The van der Waals surface area contributed by atoms with Crippen LogP contribution in [0.25, 0.3) is 0 Å². The maximum Gasteiger partial charge on any atom is 0.328 e. The molecule has 0 saturated carbocycles. The summed E-state index contributed by atoms with van der Waals surface area (Å²) < 4.78 is 10.5. The lowest BCUT2D eigenvalue weighted by Crippen LogP contribution is -2.52. The number of H-pyrrole nitrogens is 1. The predicted octanol–water partition coefficient (Wildman–Crippen LogP) is 2.86. The number of hydrogen-bond acceptors (Lipinski definition) is 5. The van der Waals surface area contributed by atoms with E-state index in [1.54, 1.807) is 18.3 Å². The lowest BCUT2D eigenvalue weighted by Gasteiger charge is -2.36. The number of benzene rings is 2. The van der Waals surface area contributed by atoms with Crippen LogP contribution in [0, 0.1) is 0 Å². The normalized spacial score (nSPS) is 16.1. The number of carbonyl (C=O) groups excluding carboxylic acids is 2. The van der Waals surface area contributed by atoms with Gasteiger partial charge >= 0.3 is 12.0 Å². The van der Waals surface area contributed by atoms with E-state index in [1.165, 1.54) is 7.11 Å². The molecule has 0 bridgehead atoms. The Morgan fingerprint density at radius 3 is 2.66 bits per heavy atom. The van der Waals surface area contributed by atoms with E-state index in [0.717, 1.165) is 22.5 Å². The van der Waals surface area contributed by atoms with Crippen LogP contribution in [0.4, 0.5) is 4.79 Å². The Bertz CT molecular complexity index is 1080. The van der Waals surface area contributed by atoms with Crippen molar-refractivity contribution in [2.24, 2.45) is 0 Å². The molecule has 2 N–H and O–H groups in total. The summed E-state index contributed by atoms with van der Waals surface area (Å²) in [4.78, 5) is 35.3. The molecule has 0 spiro atoms. The molecule has 3 aromatic rings. The number of rotatable bonds is 6. The number of ether oxygens (including phenoxy) is 2. The van der Waals surface area contributed by atoms with E-state index >= 15 is 0 Å². The molecule has 2 atom stereocenters. The van der Waals surface area contributed by atoms with Crippen LogP contribution in [0.15, 0.2) is 60.9 Å². The second-order valence-electron chi connectivity index (χ2n) is 7.57. The van der Waals surface area contributed by atoms with E-state index in [1.807, 2.05) is 54.6 Å².